The van der Waals surface area contributed by atoms with Crippen molar-refractivity contribution >= 4 is 17.7 Å². The molecule has 1 aliphatic heterocycles. The van der Waals surface area contributed by atoms with Crippen molar-refractivity contribution in [2.45, 2.75) is 6.42 Å². The Hall–Kier alpha value is -3.46. The van der Waals surface area contributed by atoms with Gasteiger partial charge in [0.25, 0.3) is 5.91 Å². The SMILES string of the molecule is O=C(NCCCNc1ccnc(N2CCOCC2)n1)c1cc(-c2ccccc2)on1. The van der Waals surface area contributed by atoms with Gasteiger partial charge in [0, 0.05) is 44.0 Å². The lowest BCUT2D eigenvalue weighted by molar-refractivity contribution is 0.0944. The molecule has 9 nitrogen and oxygen atoms in total. The lowest BCUT2D eigenvalue weighted by atomic mass is 10.1. The summed E-state index contributed by atoms with van der Waals surface area (Å²) in [7, 11) is 0. The molecule has 1 amide bonds. The Morgan fingerprint density at radius 3 is 2.77 bits per heavy atom. The summed E-state index contributed by atoms with van der Waals surface area (Å²) in [5.41, 5.74) is 1.15. The molecule has 3 heterocycles. The summed E-state index contributed by atoms with van der Waals surface area (Å²) in [5.74, 6) is 1.79. The first-order valence-corrected chi connectivity index (χ1v) is 9.99. The van der Waals surface area contributed by atoms with Gasteiger partial charge in [0.05, 0.1) is 13.2 Å². The van der Waals surface area contributed by atoms with Crippen molar-refractivity contribution in [2.75, 3.05) is 49.6 Å². The lowest BCUT2D eigenvalue weighted by Gasteiger charge is -2.26. The van der Waals surface area contributed by atoms with Crippen LogP contribution in [0.5, 0.6) is 0 Å². The quantitative estimate of drug-likeness (QED) is 0.547. The first-order valence-electron chi connectivity index (χ1n) is 9.99. The zero-order chi connectivity index (χ0) is 20.6. The van der Waals surface area contributed by atoms with Crippen LogP contribution < -0.4 is 15.5 Å². The van der Waals surface area contributed by atoms with Crippen LogP contribution in [0, 0.1) is 0 Å². The van der Waals surface area contributed by atoms with E-state index in [0.29, 0.717) is 38.0 Å². The van der Waals surface area contributed by atoms with Crippen LogP contribution in [0.15, 0.2) is 53.2 Å². The first kappa shape index (κ1) is 19.8. The molecule has 0 radical (unpaired) electrons. The zero-order valence-corrected chi connectivity index (χ0v) is 16.6. The number of carbonyl (C=O) groups is 1. The molecule has 1 saturated heterocycles. The summed E-state index contributed by atoms with van der Waals surface area (Å²) in [6.07, 6.45) is 2.49. The predicted octanol–water partition coefficient (Wildman–Crippen LogP) is 2.20. The summed E-state index contributed by atoms with van der Waals surface area (Å²) in [4.78, 5) is 23.2. The molecule has 9 heteroatoms. The molecular formula is C21H24N6O3. The number of amides is 1. The third-order valence-corrected chi connectivity index (χ3v) is 4.68. The normalized spacial score (nSPS) is 13.8. The van der Waals surface area contributed by atoms with Crippen LogP contribution in [-0.4, -0.2) is 60.4 Å². The molecule has 0 saturated carbocycles. The molecule has 1 aromatic carbocycles. The number of ether oxygens (including phenoxy) is 1. The van der Waals surface area contributed by atoms with E-state index in [1.54, 1.807) is 12.3 Å². The molecule has 2 aromatic heterocycles. The highest BCUT2D eigenvalue weighted by Crippen LogP contribution is 2.19. The Morgan fingerprint density at radius 1 is 1.10 bits per heavy atom. The number of rotatable bonds is 8. The number of hydrogen-bond acceptors (Lipinski definition) is 8. The summed E-state index contributed by atoms with van der Waals surface area (Å²) in [5, 5.41) is 9.99. The molecule has 0 unspecified atom stereocenters. The lowest BCUT2D eigenvalue weighted by Crippen LogP contribution is -2.37. The fraction of sp³-hybridized carbons (Fsp3) is 0.333. The second-order valence-electron chi connectivity index (χ2n) is 6.82. The van der Waals surface area contributed by atoms with Crippen LogP contribution in [0.4, 0.5) is 11.8 Å². The van der Waals surface area contributed by atoms with Crippen LogP contribution in [-0.2, 0) is 4.74 Å². The molecule has 1 aliphatic rings. The Kier molecular flexibility index (Phi) is 6.51. The molecule has 0 bridgehead atoms. The molecule has 2 N–H and O–H groups in total. The maximum Gasteiger partial charge on any atom is 0.273 e. The number of nitrogens with zero attached hydrogens (tertiary/aromatic N) is 4. The summed E-state index contributed by atoms with van der Waals surface area (Å²) in [6.45, 7) is 4.17. The van der Waals surface area contributed by atoms with Gasteiger partial charge in [-0.3, -0.25) is 4.79 Å². The number of nitrogens with one attached hydrogen (secondary N) is 2. The van der Waals surface area contributed by atoms with Gasteiger partial charge < -0.3 is 24.8 Å². The van der Waals surface area contributed by atoms with Crippen LogP contribution in [0.3, 0.4) is 0 Å². The van der Waals surface area contributed by atoms with Crippen molar-refractivity contribution in [2.24, 2.45) is 0 Å². The van der Waals surface area contributed by atoms with Gasteiger partial charge in [0.1, 0.15) is 5.82 Å². The second-order valence-corrected chi connectivity index (χ2v) is 6.82. The Balaban J connectivity index is 1.20. The van der Waals surface area contributed by atoms with Crippen LogP contribution >= 0.6 is 0 Å². The van der Waals surface area contributed by atoms with Crippen LogP contribution in [0.25, 0.3) is 11.3 Å². The number of benzene rings is 1. The third-order valence-electron chi connectivity index (χ3n) is 4.68. The number of morpholine rings is 1. The Labute approximate surface area is 174 Å². The van der Waals surface area contributed by atoms with E-state index >= 15 is 0 Å². The molecule has 4 rings (SSSR count). The van der Waals surface area contributed by atoms with Crippen molar-refractivity contribution in [3.63, 3.8) is 0 Å². The van der Waals surface area contributed by atoms with E-state index in [-0.39, 0.29) is 11.6 Å². The van der Waals surface area contributed by atoms with Gasteiger partial charge in [0.15, 0.2) is 11.5 Å². The number of hydrogen-bond donors (Lipinski definition) is 2. The third kappa shape index (κ3) is 5.12. The number of anilines is 2. The fourth-order valence-corrected chi connectivity index (χ4v) is 3.08. The zero-order valence-electron chi connectivity index (χ0n) is 16.6. The van der Waals surface area contributed by atoms with Crippen LogP contribution in [0.1, 0.15) is 16.9 Å². The average Bonchev–Trinajstić information content (AvgIpc) is 3.31. The van der Waals surface area contributed by atoms with E-state index in [1.165, 1.54) is 0 Å². The van der Waals surface area contributed by atoms with Gasteiger partial charge in [-0.15, -0.1) is 0 Å². The van der Waals surface area contributed by atoms with E-state index in [9.17, 15) is 4.79 Å². The van der Waals surface area contributed by atoms with Gasteiger partial charge in [-0.1, -0.05) is 35.5 Å². The Bertz CT molecular complexity index is 956. The standard InChI is InChI=1S/C21H24N6O3/c28-20(17-15-18(30-26-17)16-5-2-1-3-6-16)23-9-4-8-22-19-7-10-24-21(25-19)27-11-13-29-14-12-27/h1-3,5-7,10,15H,4,8-9,11-14H2,(H,23,28)(H,22,24,25). The van der Waals surface area contributed by atoms with Crippen molar-refractivity contribution in [1.29, 1.82) is 0 Å². The predicted molar refractivity (Wildman–Crippen MR) is 112 cm³/mol. The molecule has 1 fully saturated rings. The minimum Gasteiger partial charge on any atom is -0.378 e. The molecule has 3 aromatic rings. The largest absolute Gasteiger partial charge is 0.378 e. The van der Waals surface area contributed by atoms with E-state index in [1.807, 2.05) is 36.4 Å². The van der Waals surface area contributed by atoms with E-state index < -0.39 is 0 Å². The average molecular weight is 408 g/mol. The minimum atomic E-state index is -0.252. The maximum atomic E-state index is 12.3. The van der Waals surface area contributed by atoms with E-state index in [2.05, 4.69) is 30.7 Å². The van der Waals surface area contributed by atoms with Gasteiger partial charge in [-0.2, -0.15) is 4.98 Å². The number of carbonyl (C=O) groups excluding carboxylic acids is 1. The van der Waals surface area contributed by atoms with E-state index in [0.717, 1.165) is 30.9 Å². The van der Waals surface area contributed by atoms with Crippen molar-refractivity contribution in [1.82, 2.24) is 20.4 Å². The first-order chi connectivity index (χ1) is 14.8. The smallest absolute Gasteiger partial charge is 0.273 e. The highest BCUT2D eigenvalue weighted by atomic mass is 16.5. The molecule has 0 atom stereocenters. The molecule has 0 spiro atoms. The highest BCUT2D eigenvalue weighted by molar-refractivity contribution is 5.93. The molecule has 30 heavy (non-hydrogen) atoms. The molecule has 156 valence electrons. The van der Waals surface area contributed by atoms with Crippen molar-refractivity contribution in [3.05, 3.63) is 54.4 Å². The van der Waals surface area contributed by atoms with Crippen molar-refractivity contribution < 1.29 is 14.1 Å². The monoisotopic (exact) mass is 408 g/mol. The van der Waals surface area contributed by atoms with Crippen LogP contribution in [0.2, 0.25) is 0 Å². The van der Waals surface area contributed by atoms with E-state index in [4.69, 9.17) is 9.26 Å². The van der Waals surface area contributed by atoms with Gasteiger partial charge in [-0.25, -0.2) is 4.98 Å². The van der Waals surface area contributed by atoms with Gasteiger partial charge >= 0.3 is 0 Å². The highest BCUT2D eigenvalue weighted by Gasteiger charge is 2.14. The number of aromatic nitrogens is 3. The molecular weight excluding hydrogens is 384 g/mol. The Morgan fingerprint density at radius 2 is 1.93 bits per heavy atom. The second kappa shape index (κ2) is 9.84. The van der Waals surface area contributed by atoms with Gasteiger partial charge in [0.2, 0.25) is 5.95 Å². The molecule has 0 aliphatic carbocycles. The van der Waals surface area contributed by atoms with Gasteiger partial charge in [-0.05, 0) is 12.5 Å². The topological polar surface area (TPSA) is 105 Å². The summed E-state index contributed by atoms with van der Waals surface area (Å²) < 4.78 is 10.6. The maximum absolute atomic E-state index is 12.3. The van der Waals surface area contributed by atoms with Crippen molar-refractivity contribution in [3.8, 4) is 11.3 Å². The fourth-order valence-electron chi connectivity index (χ4n) is 3.08. The summed E-state index contributed by atoms with van der Waals surface area (Å²) >= 11 is 0. The minimum absolute atomic E-state index is 0.252. The summed E-state index contributed by atoms with van der Waals surface area (Å²) in [6, 6.07) is 13.0.